The molecular weight excluding hydrogens is 482 g/mol. The van der Waals surface area contributed by atoms with E-state index in [1.54, 1.807) is 49.6 Å². The van der Waals surface area contributed by atoms with Crippen LogP contribution in [0.4, 0.5) is 5.69 Å². The Morgan fingerprint density at radius 1 is 0.972 bits per heavy atom. The van der Waals surface area contributed by atoms with Crippen LogP contribution in [0.25, 0.3) is 0 Å². The molecule has 9 nitrogen and oxygen atoms in total. The average molecular weight is 520 g/mol. The van der Waals surface area contributed by atoms with Gasteiger partial charge in [0, 0.05) is 12.6 Å². The molecule has 0 aromatic heterocycles. The molecule has 0 heterocycles. The first-order valence-corrected chi connectivity index (χ1v) is 13.7. The standard InChI is InChI=1S/C26H37N3O6S/c1-7-19(3)27-26(31)24(8-2)28(17-20-10-9-11-23(16-20)35-5)25(30)18-29(36(6,32)33)21-12-14-22(34-4)15-13-21/h9-16,19,24H,7-8,17-18H2,1-6H3,(H,27,31). The van der Waals surface area contributed by atoms with E-state index in [1.165, 1.54) is 12.0 Å². The fourth-order valence-corrected chi connectivity index (χ4v) is 4.54. The van der Waals surface area contributed by atoms with Crippen LogP contribution in [0.1, 0.15) is 39.2 Å². The van der Waals surface area contributed by atoms with Crippen molar-refractivity contribution in [3.63, 3.8) is 0 Å². The van der Waals surface area contributed by atoms with Crippen molar-refractivity contribution in [2.75, 3.05) is 31.3 Å². The second kappa shape index (κ2) is 13.2. The smallest absolute Gasteiger partial charge is 0.244 e. The van der Waals surface area contributed by atoms with E-state index in [0.29, 0.717) is 23.6 Å². The molecule has 0 saturated heterocycles. The molecule has 0 spiro atoms. The molecule has 0 aliphatic heterocycles. The number of nitrogens with one attached hydrogen (secondary N) is 1. The molecule has 2 amide bonds. The van der Waals surface area contributed by atoms with Gasteiger partial charge in [0.25, 0.3) is 0 Å². The van der Waals surface area contributed by atoms with Crippen LogP contribution in [0.5, 0.6) is 11.5 Å². The molecule has 2 atom stereocenters. The SMILES string of the molecule is CCC(C)NC(=O)C(CC)N(Cc1cccc(OC)c1)C(=O)CN(c1ccc(OC)cc1)S(C)(=O)=O. The predicted molar refractivity (Wildman–Crippen MR) is 141 cm³/mol. The number of hydrogen-bond donors (Lipinski definition) is 1. The molecule has 2 aromatic carbocycles. The summed E-state index contributed by atoms with van der Waals surface area (Å²) in [6, 6.07) is 12.8. The Morgan fingerprint density at radius 3 is 2.14 bits per heavy atom. The van der Waals surface area contributed by atoms with E-state index in [-0.39, 0.29) is 18.5 Å². The molecule has 0 radical (unpaired) electrons. The lowest BCUT2D eigenvalue weighted by atomic mass is 10.1. The molecule has 0 fully saturated rings. The first kappa shape index (κ1) is 29.0. The van der Waals surface area contributed by atoms with Gasteiger partial charge in [0.2, 0.25) is 21.8 Å². The molecule has 0 aliphatic carbocycles. The lowest BCUT2D eigenvalue weighted by molar-refractivity contribution is -0.140. The van der Waals surface area contributed by atoms with Gasteiger partial charge in [0.05, 0.1) is 26.2 Å². The van der Waals surface area contributed by atoms with E-state index < -0.39 is 28.5 Å². The van der Waals surface area contributed by atoms with E-state index >= 15 is 0 Å². The fourth-order valence-electron chi connectivity index (χ4n) is 3.69. The predicted octanol–water partition coefficient (Wildman–Crippen LogP) is 3.19. The maximum atomic E-state index is 13.7. The molecule has 1 N–H and O–H groups in total. The molecular formula is C26H37N3O6S. The molecule has 2 unspecified atom stereocenters. The van der Waals surface area contributed by atoms with E-state index in [2.05, 4.69) is 5.32 Å². The van der Waals surface area contributed by atoms with Crippen molar-refractivity contribution in [1.29, 1.82) is 0 Å². The molecule has 2 aromatic rings. The topological polar surface area (TPSA) is 105 Å². The highest BCUT2D eigenvalue weighted by Gasteiger charge is 2.32. The summed E-state index contributed by atoms with van der Waals surface area (Å²) in [7, 11) is -0.737. The fraction of sp³-hybridized carbons (Fsp3) is 0.462. The minimum absolute atomic E-state index is 0.0628. The van der Waals surface area contributed by atoms with Gasteiger partial charge < -0.3 is 19.7 Å². The summed E-state index contributed by atoms with van der Waals surface area (Å²) in [6.45, 7) is 5.34. The van der Waals surface area contributed by atoms with Gasteiger partial charge in [-0.05, 0) is 61.7 Å². The largest absolute Gasteiger partial charge is 0.497 e. The quantitative estimate of drug-likeness (QED) is 0.436. The maximum absolute atomic E-state index is 13.7. The lowest BCUT2D eigenvalue weighted by Crippen LogP contribution is -2.53. The Morgan fingerprint density at radius 2 is 1.61 bits per heavy atom. The number of hydrogen-bond acceptors (Lipinski definition) is 6. The zero-order chi connectivity index (χ0) is 26.9. The van der Waals surface area contributed by atoms with Crippen LogP contribution in [0.2, 0.25) is 0 Å². The number of ether oxygens (including phenoxy) is 2. The highest BCUT2D eigenvalue weighted by atomic mass is 32.2. The van der Waals surface area contributed by atoms with Crippen LogP contribution >= 0.6 is 0 Å². The third-order valence-corrected chi connectivity index (χ3v) is 7.05. The first-order chi connectivity index (χ1) is 17.0. The van der Waals surface area contributed by atoms with Gasteiger partial charge in [-0.3, -0.25) is 13.9 Å². The van der Waals surface area contributed by atoms with Crippen molar-refractivity contribution in [2.45, 2.75) is 52.2 Å². The number of carbonyl (C=O) groups is 2. The summed E-state index contributed by atoms with van der Waals surface area (Å²) < 4.78 is 36.8. The van der Waals surface area contributed by atoms with Gasteiger partial charge in [-0.25, -0.2) is 8.42 Å². The summed E-state index contributed by atoms with van der Waals surface area (Å²) in [5.74, 6) is 0.405. The Kier molecular flexibility index (Phi) is 10.6. The minimum atomic E-state index is -3.80. The summed E-state index contributed by atoms with van der Waals surface area (Å²) >= 11 is 0. The van der Waals surface area contributed by atoms with Gasteiger partial charge in [-0.2, -0.15) is 0 Å². The van der Waals surface area contributed by atoms with Crippen molar-refractivity contribution in [2.24, 2.45) is 0 Å². The van der Waals surface area contributed by atoms with E-state index in [9.17, 15) is 18.0 Å². The average Bonchev–Trinajstić information content (AvgIpc) is 2.86. The minimum Gasteiger partial charge on any atom is -0.497 e. The molecule has 36 heavy (non-hydrogen) atoms. The van der Waals surface area contributed by atoms with Gasteiger partial charge in [-0.1, -0.05) is 26.0 Å². The van der Waals surface area contributed by atoms with Crippen molar-refractivity contribution in [3.05, 3.63) is 54.1 Å². The van der Waals surface area contributed by atoms with Crippen LogP contribution in [0.15, 0.2) is 48.5 Å². The summed E-state index contributed by atoms with van der Waals surface area (Å²) in [5.41, 5.74) is 1.08. The van der Waals surface area contributed by atoms with Gasteiger partial charge in [0.15, 0.2) is 0 Å². The van der Waals surface area contributed by atoms with Crippen molar-refractivity contribution >= 4 is 27.5 Å². The number of nitrogens with zero attached hydrogens (tertiary/aromatic N) is 2. The van der Waals surface area contributed by atoms with Crippen LogP contribution in [0, 0.1) is 0 Å². The van der Waals surface area contributed by atoms with Gasteiger partial charge in [0.1, 0.15) is 24.1 Å². The lowest BCUT2D eigenvalue weighted by Gasteiger charge is -2.33. The van der Waals surface area contributed by atoms with Crippen LogP contribution in [-0.4, -0.2) is 64.2 Å². The van der Waals surface area contributed by atoms with Crippen molar-refractivity contribution in [3.8, 4) is 11.5 Å². The number of sulfonamides is 1. The Hall–Kier alpha value is -3.27. The van der Waals surface area contributed by atoms with Gasteiger partial charge in [-0.15, -0.1) is 0 Å². The second-order valence-corrected chi connectivity index (χ2v) is 10.5. The summed E-state index contributed by atoms with van der Waals surface area (Å²) in [4.78, 5) is 28.3. The highest BCUT2D eigenvalue weighted by molar-refractivity contribution is 7.92. The number of benzene rings is 2. The number of methoxy groups -OCH3 is 2. The first-order valence-electron chi connectivity index (χ1n) is 11.9. The molecule has 198 valence electrons. The zero-order valence-corrected chi connectivity index (χ0v) is 22.7. The molecule has 0 saturated carbocycles. The Balaban J connectivity index is 2.44. The van der Waals surface area contributed by atoms with E-state index in [0.717, 1.165) is 22.5 Å². The second-order valence-electron chi connectivity index (χ2n) is 8.58. The summed E-state index contributed by atoms with van der Waals surface area (Å²) in [6.07, 6.45) is 2.15. The van der Waals surface area contributed by atoms with Gasteiger partial charge >= 0.3 is 0 Å². The third-order valence-electron chi connectivity index (χ3n) is 5.91. The Labute approximate surface area is 214 Å². The normalized spacial score (nSPS) is 12.8. The number of carbonyl (C=O) groups excluding carboxylic acids is 2. The van der Waals surface area contributed by atoms with E-state index in [4.69, 9.17) is 9.47 Å². The van der Waals surface area contributed by atoms with E-state index in [1.807, 2.05) is 26.8 Å². The summed E-state index contributed by atoms with van der Waals surface area (Å²) in [5, 5.41) is 2.95. The van der Waals surface area contributed by atoms with Crippen LogP contribution < -0.4 is 19.1 Å². The molecule has 0 aliphatic rings. The molecule has 0 bridgehead atoms. The number of rotatable bonds is 13. The monoisotopic (exact) mass is 519 g/mol. The number of amides is 2. The highest BCUT2D eigenvalue weighted by Crippen LogP contribution is 2.23. The zero-order valence-electron chi connectivity index (χ0n) is 21.9. The molecule has 2 rings (SSSR count). The van der Waals surface area contributed by atoms with Crippen molar-refractivity contribution < 1.29 is 27.5 Å². The van der Waals surface area contributed by atoms with Crippen LogP contribution in [0.3, 0.4) is 0 Å². The Bertz CT molecular complexity index is 1120. The van der Waals surface area contributed by atoms with Crippen molar-refractivity contribution in [1.82, 2.24) is 10.2 Å². The number of anilines is 1. The molecule has 10 heteroatoms. The third kappa shape index (κ3) is 7.87. The maximum Gasteiger partial charge on any atom is 0.244 e. The van der Waals surface area contributed by atoms with Crippen LogP contribution in [-0.2, 0) is 26.2 Å².